The van der Waals surface area contributed by atoms with Gasteiger partial charge in [0.1, 0.15) is 6.07 Å². The van der Waals surface area contributed by atoms with Crippen molar-refractivity contribution in [2.24, 2.45) is 0 Å². The summed E-state index contributed by atoms with van der Waals surface area (Å²) in [4.78, 5) is 4.31. The summed E-state index contributed by atoms with van der Waals surface area (Å²) < 4.78 is 0. The van der Waals surface area contributed by atoms with Crippen molar-refractivity contribution >= 4 is 11.3 Å². The molecule has 0 aliphatic heterocycles. The number of rotatable bonds is 1. The van der Waals surface area contributed by atoms with Crippen LogP contribution in [0.25, 0.3) is 11.3 Å². The van der Waals surface area contributed by atoms with Crippen molar-refractivity contribution in [1.82, 2.24) is 4.98 Å². The molecule has 2 aromatic rings. The van der Waals surface area contributed by atoms with E-state index in [1.165, 1.54) is 22.5 Å². The van der Waals surface area contributed by atoms with Gasteiger partial charge in [-0.25, -0.2) is 4.98 Å². The molecule has 3 heteroatoms. The first-order valence-corrected chi connectivity index (χ1v) is 6.77. The van der Waals surface area contributed by atoms with E-state index in [1.807, 2.05) is 5.38 Å². The largest absolute Gasteiger partial charge is 0.226 e. The fourth-order valence-corrected chi connectivity index (χ4v) is 2.47. The lowest BCUT2D eigenvalue weighted by molar-refractivity contribution is 0.590. The molecule has 0 radical (unpaired) electrons. The summed E-state index contributed by atoms with van der Waals surface area (Å²) in [6, 6.07) is 8.54. The lowest BCUT2D eigenvalue weighted by Gasteiger charge is -2.20. The molecule has 0 aliphatic carbocycles. The van der Waals surface area contributed by atoms with Gasteiger partial charge in [-0.3, -0.25) is 0 Å². The molecule has 0 N–H and O–H groups in total. The highest BCUT2D eigenvalue weighted by molar-refractivity contribution is 7.10. The molecule has 0 saturated carbocycles. The first-order valence-electron chi connectivity index (χ1n) is 5.89. The SMILES string of the molecule is Cc1cc(C(C)(C)C)ccc1-c1csc(C#N)n1. The smallest absolute Gasteiger partial charge is 0.194 e. The van der Waals surface area contributed by atoms with Crippen LogP contribution in [0.3, 0.4) is 0 Å². The molecule has 0 fully saturated rings. The van der Waals surface area contributed by atoms with E-state index in [1.54, 1.807) is 0 Å². The maximum absolute atomic E-state index is 8.82. The maximum Gasteiger partial charge on any atom is 0.194 e. The molecule has 18 heavy (non-hydrogen) atoms. The maximum atomic E-state index is 8.82. The van der Waals surface area contributed by atoms with E-state index >= 15 is 0 Å². The van der Waals surface area contributed by atoms with Crippen LogP contribution in [0, 0.1) is 18.3 Å². The van der Waals surface area contributed by atoms with E-state index in [2.05, 4.69) is 56.9 Å². The van der Waals surface area contributed by atoms with Gasteiger partial charge in [-0.2, -0.15) is 5.26 Å². The Hall–Kier alpha value is -1.66. The van der Waals surface area contributed by atoms with Gasteiger partial charge in [0.25, 0.3) is 0 Å². The van der Waals surface area contributed by atoms with Gasteiger partial charge in [0.2, 0.25) is 0 Å². The molecule has 0 aliphatic rings. The number of thiazole rings is 1. The second-order valence-electron chi connectivity index (χ2n) is 5.43. The van der Waals surface area contributed by atoms with Crippen LogP contribution in [0.4, 0.5) is 0 Å². The lowest BCUT2D eigenvalue weighted by Crippen LogP contribution is -2.11. The normalized spacial score (nSPS) is 11.3. The van der Waals surface area contributed by atoms with Crippen molar-refractivity contribution in [3.8, 4) is 17.3 Å². The highest BCUT2D eigenvalue weighted by atomic mass is 32.1. The van der Waals surface area contributed by atoms with Gasteiger partial charge < -0.3 is 0 Å². The van der Waals surface area contributed by atoms with Crippen molar-refractivity contribution in [3.63, 3.8) is 0 Å². The van der Waals surface area contributed by atoms with Crippen LogP contribution in [0.2, 0.25) is 0 Å². The van der Waals surface area contributed by atoms with E-state index in [4.69, 9.17) is 5.26 Å². The van der Waals surface area contributed by atoms with Gasteiger partial charge in [0.05, 0.1) is 5.69 Å². The van der Waals surface area contributed by atoms with Gasteiger partial charge in [0.15, 0.2) is 5.01 Å². The summed E-state index contributed by atoms with van der Waals surface area (Å²) >= 11 is 1.39. The first-order chi connectivity index (χ1) is 8.41. The number of hydrogen-bond acceptors (Lipinski definition) is 3. The zero-order valence-electron chi connectivity index (χ0n) is 11.1. The summed E-state index contributed by atoms with van der Waals surface area (Å²) in [7, 11) is 0. The zero-order chi connectivity index (χ0) is 13.3. The minimum Gasteiger partial charge on any atom is -0.226 e. The monoisotopic (exact) mass is 256 g/mol. The molecule has 1 aromatic heterocycles. The van der Waals surface area contributed by atoms with Crippen molar-refractivity contribution in [3.05, 3.63) is 39.7 Å². The third-order valence-corrected chi connectivity index (χ3v) is 3.72. The molecule has 0 bridgehead atoms. The molecule has 0 unspecified atom stereocenters. The molecule has 0 amide bonds. The van der Waals surface area contributed by atoms with E-state index in [-0.39, 0.29) is 5.41 Å². The van der Waals surface area contributed by atoms with Crippen LogP contribution in [-0.4, -0.2) is 4.98 Å². The third-order valence-electron chi connectivity index (χ3n) is 2.97. The van der Waals surface area contributed by atoms with Crippen molar-refractivity contribution in [2.45, 2.75) is 33.1 Å². The molecule has 92 valence electrons. The minimum absolute atomic E-state index is 0.156. The molecule has 0 spiro atoms. The predicted octanol–water partition coefficient (Wildman–Crippen LogP) is 4.29. The summed E-state index contributed by atoms with van der Waals surface area (Å²) in [5, 5.41) is 11.3. The van der Waals surface area contributed by atoms with E-state index in [0.29, 0.717) is 5.01 Å². The molecular formula is C15H16N2S. The zero-order valence-corrected chi connectivity index (χ0v) is 11.9. The van der Waals surface area contributed by atoms with Crippen LogP contribution in [0.15, 0.2) is 23.6 Å². The summed E-state index contributed by atoms with van der Waals surface area (Å²) in [5.74, 6) is 0. The Morgan fingerprint density at radius 3 is 2.50 bits per heavy atom. The number of hydrogen-bond donors (Lipinski definition) is 0. The quantitative estimate of drug-likeness (QED) is 0.763. The van der Waals surface area contributed by atoms with E-state index in [9.17, 15) is 0 Å². The van der Waals surface area contributed by atoms with Crippen molar-refractivity contribution in [2.75, 3.05) is 0 Å². The van der Waals surface area contributed by atoms with Gasteiger partial charge in [-0.05, 0) is 23.5 Å². The molecule has 2 rings (SSSR count). The molecule has 2 nitrogen and oxygen atoms in total. The fraction of sp³-hybridized carbons (Fsp3) is 0.333. The van der Waals surface area contributed by atoms with Gasteiger partial charge >= 0.3 is 0 Å². The minimum atomic E-state index is 0.156. The van der Waals surface area contributed by atoms with Crippen molar-refractivity contribution < 1.29 is 0 Å². The molecule has 0 atom stereocenters. The van der Waals surface area contributed by atoms with Crippen LogP contribution in [-0.2, 0) is 5.41 Å². The topological polar surface area (TPSA) is 36.7 Å². The Morgan fingerprint density at radius 2 is 2.00 bits per heavy atom. The van der Waals surface area contributed by atoms with Gasteiger partial charge in [-0.1, -0.05) is 39.0 Å². The standard InChI is InChI=1S/C15H16N2S/c1-10-7-11(15(2,3)4)5-6-12(10)13-9-18-14(8-16)17-13/h5-7,9H,1-4H3. The number of aromatic nitrogens is 1. The second-order valence-corrected chi connectivity index (χ2v) is 6.29. The number of benzene rings is 1. The van der Waals surface area contributed by atoms with Crippen LogP contribution >= 0.6 is 11.3 Å². The molecular weight excluding hydrogens is 240 g/mol. The Bertz CT molecular complexity index is 612. The third kappa shape index (κ3) is 2.44. The van der Waals surface area contributed by atoms with E-state index < -0.39 is 0 Å². The highest BCUT2D eigenvalue weighted by Crippen LogP contribution is 2.29. The van der Waals surface area contributed by atoms with Crippen LogP contribution in [0.5, 0.6) is 0 Å². The molecule has 0 saturated heterocycles. The Kier molecular flexibility index (Phi) is 3.23. The van der Waals surface area contributed by atoms with E-state index in [0.717, 1.165) is 11.3 Å². The number of nitriles is 1. The molecule has 1 aromatic carbocycles. The number of nitrogens with zero attached hydrogens (tertiary/aromatic N) is 2. The average molecular weight is 256 g/mol. The van der Waals surface area contributed by atoms with Crippen molar-refractivity contribution in [1.29, 1.82) is 5.26 Å². The van der Waals surface area contributed by atoms with Crippen LogP contribution in [0.1, 0.15) is 36.9 Å². The fourth-order valence-electron chi connectivity index (χ4n) is 1.87. The Labute approximate surface area is 112 Å². The Morgan fingerprint density at radius 1 is 1.28 bits per heavy atom. The predicted molar refractivity (Wildman–Crippen MR) is 75.7 cm³/mol. The van der Waals surface area contributed by atoms with Crippen LogP contribution < -0.4 is 0 Å². The van der Waals surface area contributed by atoms with Gasteiger partial charge in [0, 0.05) is 10.9 Å². The molecule has 1 heterocycles. The summed E-state index contributed by atoms with van der Waals surface area (Å²) in [5.41, 5.74) is 4.69. The average Bonchev–Trinajstić information content (AvgIpc) is 2.76. The van der Waals surface area contributed by atoms with Gasteiger partial charge in [-0.15, -0.1) is 11.3 Å². The lowest BCUT2D eigenvalue weighted by atomic mass is 9.85. The highest BCUT2D eigenvalue weighted by Gasteiger charge is 2.15. The summed E-state index contributed by atoms with van der Waals surface area (Å²) in [6.07, 6.45) is 0. The Balaban J connectivity index is 2.45. The summed E-state index contributed by atoms with van der Waals surface area (Å²) in [6.45, 7) is 8.71. The second kappa shape index (κ2) is 4.55. The first kappa shape index (κ1) is 12.8. The number of aryl methyl sites for hydroxylation is 1.